The van der Waals surface area contributed by atoms with Crippen LogP contribution in [0.5, 0.6) is 0 Å². The number of carboxylic acid groups (broad SMARTS) is 3. The molecule has 0 fully saturated rings. The van der Waals surface area contributed by atoms with Crippen LogP contribution in [0.15, 0.2) is 121 Å². The standard InChI is InChI=1S/C9H11NO2.C9H10O2.C8H11N.C7H6O2.4C2H6/c10-8(9(11)12)6-7-4-2-1-3-5-7;10-9(11)7-6-8-4-2-1-3-5-8;9-7-6-8-4-2-1-3-5-8;8-7(9)6-4-2-1-3-5-6;4*1-2/h1-5,8H,6,10H2,(H,11,12);1-5H,6-7H2,(H,10,11);1-5H,6-7,9H2;1-5H,(H,8,9);4*1-2H3. The van der Waals surface area contributed by atoms with E-state index in [4.69, 9.17) is 26.8 Å². The van der Waals surface area contributed by atoms with Crippen molar-refractivity contribution in [2.75, 3.05) is 6.54 Å². The van der Waals surface area contributed by atoms with Crippen LogP contribution < -0.4 is 11.5 Å². The van der Waals surface area contributed by atoms with Gasteiger partial charge in [-0.25, -0.2) is 4.79 Å². The fourth-order valence-electron chi connectivity index (χ4n) is 3.24. The highest BCUT2D eigenvalue weighted by Crippen LogP contribution is 2.02. The summed E-state index contributed by atoms with van der Waals surface area (Å²) in [4.78, 5) is 30.8. The number of aliphatic carboxylic acids is 2. The quantitative estimate of drug-likeness (QED) is 0.117. The van der Waals surface area contributed by atoms with E-state index < -0.39 is 23.9 Å². The van der Waals surface area contributed by atoms with E-state index in [-0.39, 0.29) is 6.42 Å². The van der Waals surface area contributed by atoms with Crippen molar-refractivity contribution in [3.05, 3.63) is 144 Å². The van der Waals surface area contributed by atoms with Crippen LogP contribution in [-0.2, 0) is 28.9 Å². The molecule has 49 heavy (non-hydrogen) atoms. The van der Waals surface area contributed by atoms with Gasteiger partial charge in [0.05, 0.1) is 5.56 Å². The van der Waals surface area contributed by atoms with Crippen molar-refractivity contribution in [1.82, 2.24) is 0 Å². The fraction of sp³-hybridized carbons (Fsp3) is 0.341. The van der Waals surface area contributed by atoms with E-state index in [1.54, 1.807) is 30.3 Å². The molecule has 272 valence electrons. The molecule has 0 bridgehead atoms. The van der Waals surface area contributed by atoms with Gasteiger partial charge in [0.15, 0.2) is 0 Å². The molecule has 0 radical (unpaired) electrons. The minimum atomic E-state index is -0.959. The van der Waals surface area contributed by atoms with Gasteiger partial charge in [0.1, 0.15) is 6.04 Å². The van der Waals surface area contributed by atoms with E-state index in [0.717, 1.165) is 24.1 Å². The molecule has 0 aliphatic heterocycles. The lowest BCUT2D eigenvalue weighted by molar-refractivity contribution is -0.138. The molecule has 0 amide bonds. The largest absolute Gasteiger partial charge is 0.481 e. The van der Waals surface area contributed by atoms with Crippen LogP contribution in [-0.4, -0.2) is 45.8 Å². The molecule has 0 heterocycles. The Morgan fingerprint density at radius 1 is 0.531 bits per heavy atom. The van der Waals surface area contributed by atoms with Gasteiger partial charge in [-0.2, -0.15) is 0 Å². The molecule has 0 saturated heterocycles. The molecule has 8 nitrogen and oxygen atoms in total. The van der Waals surface area contributed by atoms with Crippen LogP contribution in [0.3, 0.4) is 0 Å². The summed E-state index contributed by atoms with van der Waals surface area (Å²) in [5, 5.41) is 25.3. The minimum absolute atomic E-state index is 0.212. The first-order valence-electron chi connectivity index (χ1n) is 17.0. The maximum Gasteiger partial charge on any atom is 0.335 e. The minimum Gasteiger partial charge on any atom is -0.481 e. The van der Waals surface area contributed by atoms with Crippen LogP contribution in [0, 0.1) is 0 Å². The van der Waals surface area contributed by atoms with Crippen molar-refractivity contribution in [3.8, 4) is 0 Å². The van der Waals surface area contributed by atoms with Gasteiger partial charge in [0.2, 0.25) is 0 Å². The third kappa shape index (κ3) is 32.9. The molecule has 0 aromatic heterocycles. The third-order valence-corrected chi connectivity index (χ3v) is 5.38. The molecule has 4 rings (SSSR count). The summed E-state index contributed by atoms with van der Waals surface area (Å²) in [6.07, 6.45) is 2.21. The molecule has 0 spiro atoms. The second-order valence-corrected chi connectivity index (χ2v) is 8.71. The summed E-state index contributed by atoms with van der Waals surface area (Å²) < 4.78 is 0. The number of aromatic carboxylic acids is 1. The number of aryl methyl sites for hydroxylation is 1. The van der Waals surface area contributed by atoms with E-state index >= 15 is 0 Å². The lowest BCUT2D eigenvalue weighted by Crippen LogP contribution is -2.32. The average molecular weight is 679 g/mol. The summed E-state index contributed by atoms with van der Waals surface area (Å²) in [6, 6.07) is 36.7. The molecule has 1 atom stereocenters. The van der Waals surface area contributed by atoms with Gasteiger partial charge in [-0.3, -0.25) is 9.59 Å². The van der Waals surface area contributed by atoms with Crippen LogP contribution in [0.4, 0.5) is 0 Å². The first kappa shape index (κ1) is 51.1. The topological polar surface area (TPSA) is 164 Å². The number of rotatable bonds is 9. The third-order valence-electron chi connectivity index (χ3n) is 5.38. The number of nitrogens with two attached hydrogens (primary N) is 2. The monoisotopic (exact) mass is 678 g/mol. The highest BCUT2D eigenvalue weighted by atomic mass is 16.4. The number of hydrogen-bond donors (Lipinski definition) is 5. The molecular formula is C41H62N2O6. The van der Waals surface area contributed by atoms with E-state index in [0.29, 0.717) is 18.4 Å². The van der Waals surface area contributed by atoms with Gasteiger partial charge in [-0.15, -0.1) is 0 Å². The van der Waals surface area contributed by atoms with Gasteiger partial charge in [-0.1, -0.05) is 165 Å². The normalized spacial score (nSPS) is 9.02. The molecule has 0 aliphatic carbocycles. The van der Waals surface area contributed by atoms with Crippen molar-refractivity contribution in [1.29, 1.82) is 0 Å². The van der Waals surface area contributed by atoms with E-state index in [9.17, 15) is 14.4 Å². The Morgan fingerprint density at radius 2 is 0.857 bits per heavy atom. The maximum absolute atomic E-state index is 10.4. The van der Waals surface area contributed by atoms with Gasteiger partial charge >= 0.3 is 17.9 Å². The zero-order chi connectivity index (χ0) is 38.3. The molecule has 4 aromatic rings. The zero-order valence-electron chi connectivity index (χ0n) is 30.9. The Balaban J connectivity index is -0.000000259. The van der Waals surface area contributed by atoms with E-state index in [1.807, 2.05) is 134 Å². The van der Waals surface area contributed by atoms with Gasteiger partial charge in [-0.05, 0) is 54.6 Å². The summed E-state index contributed by atoms with van der Waals surface area (Å²) in [6.45, 7) is 16.7. The highest BCUT2D eigenvalue weighted by molar-refractivity contribution is 5.87. The van der Waals surface area contributed by atoms with Crippen molar-refractivity contribution in [3.63, 3.8) is 0 Å². The predicted octanol–water partition coefficient (Wildman–Crippen LogP) is 9.02. The molecule has 0 aliphatic rings. The van der Waals surface area contributed by atoms with Gasteiger partial charge in [0.25, 0.3) is 0 Å². The molecule has 4 aromatic carbocycles. The average Bonchev–Trinajstić information content (AvgIpc) is 3.16. The Hall–Kier alpha value is -4.79. The van der Waals surface area contributed by atoms with E-state index in [2.05, 4.69) is 12.1 Å². The number of carbonyl (C=O) groups is 3. The molecule has 8 heteroatoms. The van der Waals surface area contributed by atoms with Crippen LogP contribution in [0.25, 0.3) is 0 Å². The smallest absolute Gasteiger partial charge is 0.335 e. The fourth-order valence-corrected chi connectivity index (χ4v) is 3.24. The highest BCUT2D eigenvalue weighted by Gasteiger charge is 2.11. The summed E-state index contributed by atoms with van der Waals surface area (Å²) in [5.41, 5.74) is 14.4. The zero-order valence-corrected chi connectivity index (χ0v) is 30.9. The Morgan fingerprint density at radius 3 is 1.14 bits per heavy atom. The lowest BCUT2D eigenvalue weighted by Gasteiger charge is -2.04. The summed E-state index contributed by atoms with van der Waals surface area (Å²) in [7, 11) is 0. The van der Waals surface area contributed by atoms with Crippen molar-refractivity contribution >= 4 is 17.9 Å². The number of carboxylic acids is 3. The number of benzene rings is 4. The van der Waals surface area contributed by atoms with Crippen LogP contribution in [0.1, 0.15) is 88.9 Å². The lowest BCUT2D eigenvalue weighted by atomic mass is 10.1. The van der Waals surface area contributed by atoms with Crippen LogP contribution in [0.2, 0.25) is 0 Å². The van der Waals surface area contributed by atoms with Crippen molar-refractivity contribution in [2.45, 2.75) is 87.1 Å². The summed E-state index contributed by atoms with van der Waals surface area (Å²) in [5.74, 6) is -2.58. The SMILES string of the molecule is CC.CC.CC.CC.NC(Cc1ccccc1)C(=O)O.NCCc1ccccc1.O=C(O)CCc1ccccc1.O=C(O)c1ccccc1. The molecule has 7 N–H and O–H groups in total. The van der Waals surface area contributed by atoms with Crippen LogP contribution >= 0.6 is 0 Å². The Kier molecular flexibility index (Phi) is 41.0. The van der Waals surface area contributed by atoms with E-state index in [1.165, 1.54) is 5.56 Å². The van der Waals surface area contributed by atoms with Gasteiger partial charge in [0, 0.05) is 6.42 Å². The maximum atomic E-state index is 10.4. The predicted molar refractivity (Wildman–Crippen MR) is 206 cm³/mol. The Bertz CT molecular complexity index is 1260. The molecule has 1 unspecified atom stereocenters. The molecule has 0 saturated carbocycles. The second-order valence-electron chi connectivity index (χ2n) is 8.71. The first-order valence-corrected chi connectivity index (χ1v) is 17.0. The summed E-state index contributed by atoms with van der Waals surface area (Å²) >= 11 is 0. The first-order chi connectivity index (χ1) is 23.7. The Labute approximate surface area is 295 Å². The number of hydrogen-bond acceptors (Lipinski definition) is 5. The second kappa shape index (κ2) is 39.4. The van der Waals surface area contributed by atoms with Crippen molar-refractivity contribution in [2.24, 2.45) is 11.5 Å². The van der Waals surface area contributed by atoms with Gasteiger partial charge < -0.3 is 26.8 Å². The van der Waals surface area contributed by atoms with Crippen molar-refractivity contribution < 1.29 is 29.7 Å². The molecular weight excluding hydrogens is 616 g/mol.